The predicted molar refractivity (Wildman–Crippen MR) is 127 cm³/mol. The minimum absolute atomic E-state index is 0.0759. The lowest BCUT2D eigenvalue weighted by Crippen LogP contribution is -2.41. The van der Waals surface area contributed by atoms with Crippen molar-refractivity contribution in [3.05, 3.63) is 46.0 Å². The lowest BCUT2D eigenvalue weighted by atomic mass is 9.93. The van der Waals surface area contributed by atoms with Crippen molar-refractivity contribution in [2.45, 2.75) is 70.9 Å². The van der Waals surface area contributed by atoms with E-state index in [1.54, 1.807) is 0 Å². The Morgan fingerprint density at radius 1 is 1.15 bits per heavy atom. The highest BCUT2D eigenvalue weighted by Crippen LogP contribution is 2.35. The maximum atomic E-state index is 13.4. The zero-order valence-electron chi connectivity index (χ0n) is 19.7. The van der Waals surface area contributed by atoms with Crippen molar-refractivity contribution in [3.8, 4) is 5.75 Å². The fourth-order valence-corrected chi connectivity index (χ4v) is 5.59. The number of piperidine rings is 1. The van der Waals surface area contributed by atoms with Crippen molar-refractivity contribution in [3.63, 3.8) is 0 Å². The number of aromatic nitrogens is 5. The number of pyridine rings is 1. The summed E-state index contributed by atoms with van der Waals surface area (Å²) in [7, 11) is 0. The molecule has 1 aliphatic carbocycles. The Bertz CT molecular complexity index is 1150. The van der Waals surface area contributed by atoms with Crippen LogP contribution < -0.4 is 10.3 Å². The fourth-order valence-electron chi connectivity index (χ4n) is 5.59. The van der Waals surface area contributed by atoms with E-state index in [2.05, 4.69) is 32.3 Å². The van der Waals surface area contributed by atoms with Gasteiger partial charge in [0, 0.05) is 23.0 Å². The summed E-state index contributed by atoms with van der Waals surface area (Å²) in [5.41, 5.74) is 1.44. The van der Waals surface area contributed by atoms with Crippen molar-refractivity contribution in [2.24, 2.45) is 5.92 Å². The number of ether oxygens (including phenoxy) is 1. The molecule has 0 bridgehead atoms. The van der Waals surface area contributed by atoms with Gasteiger partial charge in [-0.3, -0.25) is 9.69 Å². The molecule has 3 heterocycles. The maximum Gasteiger partial charge on any atom is 0.253 e. The molecular weight excluding hydrogens is 416 g/mol. The van der Waals surface area contributed by atoms with Gasteiger partial charge >= 0.3 is 0 Å². The van der Waals surface area contributed by atoms with Crippen LogP contribution in [-0.4, -0.2) is 49.8 Å². The van der Waals surface area contributed by atoms with Crippen LogP contribution in [0.25, 0.3) is 10.9 Å². The summed E-state index contributed by atoms with van der Waals surface area (Å²) in [6.07, 6.45) is 8.18. The van der Waals surface area contributed by atoms with Gasteiger partial charge in [0.2, 0.25) is 0 Å². The van der Waals surface area contributed by atoms with Crippen LogP contribution in [-0.2, 0) is 0 Å². The second kappa shape index (κ2) is 9.63. The minimum atomic E-state index is -0.270. The average molecular weight is 451 g/mol. The zero-order valence-corrected chi connectivity index (χ0v) is 19.7. The molecule has 1 saturated heterocycles. The Morgan fingerprint density at radius 2 is 2.00 bits per heavy atom. The second-order valence-electron chi connectivity index (χ2n) is 9.65. The second-order valence-corrected chi connectivity index (χ2v) is 9.65. The standard InChI is InChI=1S/C25H34N6O2/c1-3-33-20-11-12-22-18(14-20)15-21(25(32)26-22)23(30-13-7-8-17(2)16-30)24-27-28-29-31(24)19-9-5-4-6-10-19/h11-12,14-15,17,19,23H,3-10,13,16H2,1-2H3,(H,26,32). The lowest BCUT2D eigenvalue weighted by molar-refractivity contribution is 0.138. The molecule has 5 rings (SSSR count). The number of fused-ring (bicyclic) bond motifs is 1. The van der Waals surface area contributed by atoms with Crippen molar-refractivity contribution in [1.82, 2.24) is 30.1 Å². The Hall–Kier alpha value is -2.74. The number of likely N-dealkylation sites (tertiary alicyclic amines) is 1. The Kier molecular flexibility index (Phi) is 6.44. The molecule has 2 aliphatic rings. The van der Waals surface area contributed by atoms with Gasteiger partial charge in [0.15, 0.2) is 5.82 Å². The Labute approximate surface area is 194 Å². The Morgan fingerprint density at radius 3 is 2.79 bits per heavy atom. The molecule has 2 unspecified atom stereocenters. The summed E-state index contributed by atoms with van der Waals surface area (Å²) in [4.78, 5) is 18.9. The quantitative estimate of drug-likeness (QED) is 0.604. The number of rotatable bonds is 6. The molecule has 8 heteroatoms. The molecule has 33 heavy (non-hydrogen) atoms. The molecule has 0 radical (unpaired) electrons. The summed E-state index contributed by atoms with van der Waals surface area (Å²) < 4.78 is 7.72. The van der Waals surface area contributed by atoms with Gasteiger partial charge in [-0.1, -0.05) is 26.2 Å². The van der Waals surface area contributed by atoms with Gasteiger partial charge in [-0.2, -0.15) is 0 Å². The highest BCUT2D eigenvalue weighted by Gasteiger charge is 2.34. The molecule has 3 aromatic rings. The number of tetrazole rings is 1. The third-order valence-electron chi connectivity index (χ3n) is 7.19. The van der Waals surface area contributed by atoms with Crippen LogP contribution in [0.5, 0.6) is 5.75 Å². The van der Waals surface area contributed by atoms with Crippen LogP contribution >= 0.6 is 0 Å². The molecule has 2 fully saturated rings. The van der Waals surface area contributed by atoms with Gasteiger partial charge in [0.25, 0.3) is 5.56 Å². The minimum Gasteiger partial charge on any atom is -0.494 e. The van der Waals surface area contributed by atoms with Crippen LogP contribution in [0.15, 0.2) is 29.1 Å². The number of nitrogens with zero attached hydrogens (tertiary/aromatic N) is 5. The molecule has 2 atom stereocenters. The molecular formula is C25H34N6O2. The summed E-state index contributed by atoms with van der Waals surface area (Å²) in [5, 5.41) is 14.0. The number of hydrogen-bond donors (Lipinski definition) is 1. The van der Waals surface area contributed by atoms with Crippen LogP contribution in [0.4, 0.5) is 0 Å². The first-order chi connectivity index (χ1) is 16.1. The summed E-state index contributed by atoms with van der Waals surface area (Å²) in [5.74, 6) is 2.17. The van der Waals surface area contributed by atoms with Crippen LogP contribution in [0.2, 0.25) is 0 Å². The molecule has 2 aromatic heterocycles. The maximum absolute atomic E-state index is 13.4. The highest BCUT2D eigenvalue weighted by atomic mass is 16.5. The van der Waals surface area contributed by atoms with Gasteiger partial charge in [-0.05, 0) is 79.8 Å². The summed E-state index contributed by atoms with van der Waals surface area (Å²) in [6.45, 7) is 6.72. The van der Waals surface area contributed by atoms with E-state index < -0.39 is 0 Å². The average Bonchev–Trinajstić information content (AvgIpc) is 3.30. The zero-order chi connectivity index (χ0) is 22.8. The van der Waals surface area contributed by atoms with Crippen molar-refractivity contribution >= 4 is 10.9 Å². The molecule has 8 nitrogen and oxygen atoms in total. The number of nitrogens with one attached hydrogen (secondary N) is 1. The van der Waals surface area contributed by atoms with E-state index in [9.17, 15) is 4.79 Å². The number of aromatic amines is 1. The van der Waals surface area contributed by atoms with Gasteiger partial charge in [-0.25, -0.2) is 4.68 Å². The first-order valence-corrected chi connectivity index (χ1v) is 12.5. The Balaban J connectivity index is 1.62. The van der Waals surface area contributed by atoms with E-state index in [1.165, 1.54) is 25.7 Å². The molecule has 0 amide bonds. The van der Waals surface area contributed by atoms with E-state index in [1.807, 2.05) is 35.9 Å². The number of H-pyrrole nitrogens is 1. The van der Waals surface area contributed by atoms with E-state index in [0.29, 0.717) is 24.1 Å². The smallest absolute Gasteiger partial charge is 0.253 e. The molecule has 1 saturated carbocycles. The van der Waals surface area contributed by atoms with Crippen LogP contribution in [0, 0.1) is 5.92 Å². The SMILES string of the molecule is CCOc1ccc2[nH]c(=O)c(C(c3nnnn3C3CCCCC3)N3CCCC(C)C3)cc2c1. The number of benzene rings is 1. The first kappa shape index (κ1) is 22.1. The van der Waals surface area contributed by atoms with Crippen molar-refractivity contribution in [2.75, 3.05) is 19.7 Å². The van der Waals surface area contributed by atoms with Gasteiger partial charge in [-0.15, -0.1) is 5.10 Å². The molecule has 1 N–H and O–H groups in total. The predicted octanol–water partition coefficient (Wildman–Crippen LogP) is 4.24. The monoisotopic (exact) mass is 450 g/mol. The fraction of sp³-hybridized carbons (Fsp3) is 0.600. The third kappa shape index (κ3) is 4.53. The van der Waals surface area contributed by atoms with Gasteiger partial charge < -0.3 is 9.72 Å². The van der Waals surface area contributed by atoms with E-state index in [-0.39, 0.29) is 11.6 Å². The van der Waals surface area contributed by atoms with Crippen LogP contribution in [0.1, 0.15) is 82.3 Å². The van der Waals surface area contributed by atoms with E-state index >= 15 is 0 Å². The van der Waals surface area contributed by atoms with Crippen molar-refractivity contribution < 1.29 is 4.74 Å². The highest BCUT2D eigenvalue weighted by molar-refractivity contribution is 5.80. The third-order valence-corrected chi connectivity index (χ3v) is 7.19. The molecule has 0 spiro atoms. The normalized spacial score (nSPS) is 21.3. The van der Waals surface area contributed by atoms with Crippen LogP contribution in [0.3, 0.4) is 0 Å². The first-order valence-electron chi connectivity index (χ1n) is 12.5. The molecule has 1 aliphatic heterocycles. The summed E-state index contributed by atoms with van der Waals surface area (Å²) >= 11 is 0. The lowest BCUT2D eigenvalue weighted by Gasteiger charge is -2.37. The topological polar surface area (TPSA) is 88.9 Å². The van der Waals surface area contributed by atoms with Gasteiger partial charge in [0.05, 0.1) is 12.6 Å². The summed E-state index contributed by atoms with van der Waals surface area (Å²) in [6, 6.07) is 7.86. The van der Waals surface area contributed by atoms with E-state index in [4.69, 9.17) is 4.74 Å². The number of hydrogen-bond acceptors (Lipinski definition) is 6. The molecule has 1 aromatic carbocycles. The van der Waals surface area contributed by atoms with Gasteiger partial charge in [0.1, 0.15) is 11.8 Å². The molecule has 176 valence electrons. The largest absolute Gasteiger partial charge is 0.494 e. The van der Waals surface area contributed by atoms with Crippen molar-refractivity contribution in [1.29, 1.82) is 0 Å². The van der Waals surface area contributed by atoms with E-state index in [0.717, 1.165) is 54.8 Å².